The summed E-state index contributed by atoms with van der Waals surface area (Å²) < 4.78 is 27.3. The third-order valence-electron chi connectivity index (χ3n) is 5.88. The lowest BCUT2D eigenvalue weighted by atomic mass is 9.97. The molecule has 2 aliphatic heterocycles. The van der Waals surface area contributed by atoms with E-state index in [4.69, 9.17) is 9.47 Å². The van der Waals surface area contributed by atoms with Crippen LogP contribution >= 0.6 is 11.3 Å². The molecule has 2 aliphatic rings. The van der Waals surface area contributed by atoms with Crippen molar-refractivity contribution in [2.45, 2.75) is 38.0 Å². The van der Waals surface area contributed by atoms with E-state index in [0.717, 1.165) is 36.4 Å². The largest absolute Gasteiger partial charge is 0.492 e. The number of benzene rings is 1. The van der Waals surface area contributed by atoms with Crippen molar-refractivity contribution in [1.82, 2.24) is 14.6 Å². The van der Waals surface area contributed by atoms with Gasteiger partial charge in [-0.05, 0) is 12.1 Å². The molecular formula is C20H24FN4O3S+. The van der Waals surface area contributed by atoms with Crippen LogP contribution in [0.2, 0.25) is 0 Å². The molecule has 2 N–H and O–H groups in total. The van der Waals surface area contributed by atoms with Gasteiger partial charge in [0.2, 0.25) is 10.8 Å². The quantitative estimate of drug-likeness (QED) is 0.674. The van der Waals surface area contributed by atoms with Gasteiger partial charge in [0.05, 0.1) is 39.1 Å². The molecule has 29 heavy (non-hydrogen) atoms. The van der Waals surface area contributed by atoms with Crippen LogP contribution in [0.5, 0.6) is 5.88 Å². The Morgan fingerprint density at radius 2 is 2.07 bits per heavy atom. The van der Waals surface area contributed by atoms with Gasteiger partial charge in [-0.15, -0.1) is 5.10 Å². The van der Waals surface area contributed by atoms with Crippen molar-refractivity contribution < 1.29 is 23.9 Å². The number of halogens is 1. The number of quaternary nitrogens is 1. The van der Waals surface area contributed by atoms with Gasteiger partial charge in [0.15, 0.2) is 17.7 Å². The predicted octanol–water partition coefficient (Wildman–Crippen LogP) is 1.71. The fourth-order valence-electron chi connectivity index (χ4n) is 4.41. The smallest absolute Gasteiger partial charge is 0.235 e. The third-order valence-corrected chi connectivity index (χ3v) is 6.96. The highest BCUT2D eigenvalue weighted by Crippen LogP contribution is 2.36. The second-order valence-electron chi connectivity index (χ2n) is 7.62. The fraction of sp³-hybridized carbons (Fsp3) is 0.500. The lowest BCUT2D eigenvalue weighted by Crippen LogP contribution is -3.14. The van der Waals surface area contributed by atoms with E-state index in [2.05, 4.69) is 10.1 Å². The van der Waals surface area contributed by atoms with Crippen LogP contribution in [0.4, 0.5) is 4.39 Å². The Balaban J connectivity index is 1.53. The number of piperidine rings is 1. The standard InChI is InChI=1S/C20H23FN4O3S/c1-2-15-22-19-25(23-15)18(26)17(29-19)16(13-4-3-5-14(21)12-13)24-8-6-20(7-9-24)27-10-11-28-20/h3-5,12,16,26H,2,6-11H2,1H3/p+1/t16-/m0/s1. The van der Waals surface area contributed by atoms with Crippen LogP contribution in [0.3, 0.4) is 0 Å². The van der Waals surface area contributed by atoms with Crippen molar-refractivity contribution in [2.75, 3.05) is 26.3 Å². The summed E-state index contributed by atoms with van der Waals surface area (Å²) in [6.07, 6.45) is 2.25. The topological polar surface area (TPSA) is 73.3 Å². The number of aromatic nitrogens is 3. The van der Waals surface area contributed by atoms with Gasteiger partial charge in [-0.1, -0.05) is 30.4 Å². The first-order chi connectivity index (χ1) is 14.1. The number of hydrogen-bond donors (Lipinski definition) is 2. The van der Waals surface area contributed by atoms with Gasteiger partial charge in [0, 0.05) is 12.0 Å². The fourth-order valence-corrected chi connectivity index (χ4v) is 5.57. The van der Waals surface area contributed by atoms with E-state index in [0.29, 0.717) is 30.4 Å². The van der Waals surface area contributed by atoms with Gasteiger partial charge in [0.1, 0.15) is 10.7 Å². The predicted molar refractivity (Wildman–Crippen MR) is 105 cm³/mol. The average molecular weight is 420 g/mol. The van der Waals surface area contributed by atoms with Crippen LogP contribution in [-0.4, -0.2) is 51.8 Å². The first-order valence-electron chi connectivity index (χ1n) is 10.0. The zero-order valence-corrected chi connectivity index (χ0v) is 17.0. The van der Waals surface area contributed by atoms with Crippen LogP contribution < -0.4 is 4.90 Å². The minimum absolute atomic E-state index is 0.0904. The Morgan fingerprint density at radius 3 is 2.72 bits per heavy atom. The molecule has 1 atom stereocenters. The van der Waals surface area contributed by atoms with E-state index in [1.807, 2.05) is 13.0 Å². The molecule has 3 aromatic rings. The van der Waals surface area contributed by atoms with Crippen molar-refractivity contribution in [1.29, 1.82) is 0 Å². The maximum atomic E-state index is 14.1. The minimum Gasteiger partial charge on any atom is -0.492 e. The normalized spacial score (nSPS) is 20.6. The number of thiazole rings is 1. The molecule has 2 saturated heterocycles. The van der Waals surface area contributed by atoms with Crippen molar-refractivity contribution in [3.05, 3.63) is 46.3 Å². The highest BCUT2D eigenvalue weighted by molar-refractivity contribution is 7.17. The van der Waals surface area contributed by atoms with Crippen molar-refractivity contribution in [3.8, 4) is 5.88 Å². The number of ether oxygens (including phenoxy) is 2. The molecule has 0 aliphatic carbocycles. The van der Waals surface area contributed by atoms with Gasteiger partial charge < -0.3 is 19.5 Å². The second-order valence-corrected chi connectivity index (χ2v) is 8.63. The Labute approximate surface area is 171 Å². The first kappa shape index (κ1) is 18.9. The lowest BCUT2D eigenvalue weighted by molar-refractivity contribution is -0.933. The highest BCUT2D eigenvalue weighted by atomic mass is 32.1. The monoisotopic (exact) mass is 419 g/mol. The van der Waals surface area contributed by atoms with Gasteiger partial charge in [0.25, 0.3) is 0 Å². The van der Waals surface area contributed by atoms with Crippen molar-refractivity contribution in [2.24, 2.45) is 0 Å². The van der Waals surface area contributed by atoms with Crippen LogP contribution in [0.1, 0.15) is 42.1 Å². The molecule has 7 nitrogen and oxygen atoms in total. The van der Waals surface area contributed by atoms with Gasteiger partial charge >= 0.3 is 0 Å². The molecule has 1 aromatic carbocycles. The van der Waals surface area contributed by atoms with Gasteiger partial charge in [-0.2, -0.15) is 4.52 Å². The maximum Gasteiger partial charge on any atom is 0.235 e. The molecule has 0 amide bonds. The highest BCUT2D eigenvalue weighted by Gasteiger charge is 2.45. The number of rotatable bonds is 4. The molecule has 2 aromatic heterocycles. The minimum atomic E-state index is -0.473. The second kappa shape index (κ2) is 7.32. The van der Waals surface area contributed by atoms with E-state index < -0.39 is 5.79 Å². The number of aryl methyl sites for hydroxylation is 1. The molecule has 4 heterocycles. The van der Waals surface area contributed by atoms with E-state index in [-0.39, 0.29) is 17.7 Å². The number of nitrogens with zero attached hydrogens (tertiary/aromatic N) is 3. The first-order valence-corrected chi connectivity index (χ1v) is 10.9. The molecule has 0 unspecified atom stereocenters. The zero-order chi connectivity index (χ0) is 20.0. The Kier molecular flexibility index (Phi) is 4.78. The van der Waals surface area contributed by atoms with E-state index in [9.17, 15) is 9.50 Å². The van der Waals surface area contributed by atoms with Crippen molar-refractivity contribution in [3.63, 3.8) is 0 Å². The molecule has 154 valence electrons. The van der Waals surface area contributed by atoms with E-state index >= 15 is 0 Å². The molecule has 0 bridgehead atoms. The third kappa shape index (κ3) is 3.31. The van der Waals surface area contributed by atoms with Crippen molar-refractivity contribution >= 4 is 16.3 Å². The number of hydrogen-bond acceptors (Lipinski definition) is 6. The van der Waals surface area contributed by atoms with Crippen LogP contribution in [-0.2, 0) is 15.9 Å². The SMILES string of the molecule is CCc1nc2sc([C@H](c3cccc(F)c3)[NH+]3CCC4(CC3)OCCO4)c(O)n2n1. The van der Waals surface area contributed by atoms with Crippen LogP contribution in [0.15, 0.2) is 24.3 Å². The number of nitrogens with one attached hydrogen (secondary N) is 1. The van der Waals surface area contributed by atoms with Crippen LogP contribution in [0.25, 0.3) is 4.96 Å². The van der Waals surface area contributed by atoms with Gasteiger partial charge in [-0.3, -0.25) is 0 Å². The molecule has 0 saturated carbocycles. The number of aromatic hydroxyl groups is 1. The van der Waals surface area contributed by atoms with Gasteiger partial charge in [-0.25, -0.2) is 9.37 Å². The summed E-state index contributed by atoms with van der Waals surface area (Å²) in [5.74, 6) is 0.0329. The Hall–Kier alpha value is -2.07. The summed E-state index contributed by atoms with van der Waals surface area (Å²) in [5, 5.41) is 15.3. The lowest BCUT2D eigenvalue weighted by Gasteiger charge is -2.38. The summed E-state index contributed by atoms with van der Waals surface area (Å²) in [5.41, 5.74) is 0.833. The summed E-state index contributed by atoms with van der Waals surface area (Å²) in [6, 6.07) is 6.42. The summed E-state index contributed by atoms with van der Waals surface area (Å²) in [4.78, 5) is 7.16. The Morgan fingerprint density at radius 1 is 1.31 bits per heavy atom. The molecule has 1 spiro atoms. The number of likely N-dealkylation sites (tertiary alicyclic amines) is 1. The molecule has 0 radical (unpaired) electrons. The molecule has 2 fully saturated rings. The molecule has 9 heteroatoms. The average Bonchev–Trinajstić information content (AvgIpc) is 3.42. The summed E-state index contributed by atoms with van der Waals surface area (Å²) in [6.45, 7) is 4.85. The Bertz CT molecular complexity index is 1020. The maximum absolute atomic E-state index is 14.1. The van der Waals surface area contributed by atoms with E-state index in [1.165, 1.54) is 26.8 Å². The molecular weight excluding hydrogens is 395 g/mol. The van der Waals surface area contributed by atoms with E-state index in [1.54, 1.807) is 12.1 Å². The number of fused-ring (bicyclic) bond motifs is 1. The molecule has 5 rings (SSSR count). The summed E-state index contributed by atoms with van der Waals surface area (Å²) in [7, 11) is 0. The van der Waals surface area contributed by atoms with Crippen LogP contribution in [0, 0.1) is 5.82 Å². The summed E-state index contributed by atoms with van der Waals surface area (Å²) >= 11 is 1.42. The zero-order valence-electron chi connectivity index (χ0n) is 16.2.